The Kier molecular flexibility index (Phi) is 14.0. The van der Waals surface area contributed by atoms with Crippen LogP contribution in [0.1, 0.15) is 51.9 Å². The van der Waals surface area contributed by atoms with E-state index in [1.165, 1.54) is 12.8 Å². The third-order valence-electron chi connectivity index (χ3n) is 2.39. The van der Waals surface area contributed by atoms with Crippen molar-refractivity contribution in [1.82, 2.24) is 0 Å². The van der Waals surface area contributed by atoms with Crippen LogP contribution in [0, 0.1) is 0 Å². The summed E-state index contributed by atoms with van der Waals surface area (Å²) in [6.07, 6.45) is 4.79. The highest BCUT2D eigenvalue weighted by Gasteiger charge is 2.18. The first-order valence-electron chi connectivity index (χ1n) is 6.15. The van der Waals surface area contributed by atoms with Crippen LogP contribution in [-0.2, 0) is 14.3 Å². The first-order chi connectivity index (χ1) is 8.11. The third-order valence-corrected chi connectivity index (χ3v) is 2.39. The lowest BCUT2D eigenvalue weighted by Gasteiger charge is -2.06. The van der Waals surface area contributed by atoms with Gasteiger partial charge in [-0.2, -0.15) is 0 Å². The Morgan fingerprint density at radius 3 is 2.22 bits per heavy atom. The molecular formula is C12H23ClO5. The second-order valence-corrected chi connectivity index (χ2v) is 4.01. The van der Waals surface area contributed by atoms with Crippen molar-refractivity contribution in [2.45, 2.75) is 58.0 Å². The van der Waals surface area contributed by atoms with Crippen LogP contribution in [0.5, 0.6) is 0 Å². The number of hydrogen-bond acceptors (Lipinski definition) is 5. The molecule has 0 spiro atoms. The lowest BCUT2D eigenvalue weighted by atomic mass is 10.1. The number of halogens is 1. The molecule has 0 bridgehead atoms. The van der Waals surface area contributed by atoms with Crippen LogP contribution in [0.25, 0.3) is 0 Å². The highest BCUT2D eigenvalue weighted by Crippen LogP contribution is 2.07. The predicted octanol–water partition coefficient (Wildman–Crippen LogP) is 1.58. The highest BCUT2D eigenvalue weighted by molar-refractivity contribution is 5.87. The lowest BCUT2D eigenvalue weighted by molar-refractivity contribution is -0.167. The summed E-state index contributed by atoms with van der Waals surface area (Å²) in [4.78, 5) is 22.0. The Hall–Kier alpha value is -0.650. The number of ether oxygens (including phenoxy) is 1. The van der Waals surface area contributed by atoms with Gasteiger partial charge in [0.1, 0.15) is 0 Å². The van der Waals surface area contributed by atoms with E-state index in [1.807, 2.05) is 0 Å². The van der Waals surface area contributed by atoms with Crippen molar-refractivity contribution < 1.29 is 24.5 Å². The van der Waals surface area contributed by atoms with Crippen LogP contribution in [0.4, 0.5) is 0 Å². The average molecular weight is 283 g/mol. The van der Waals surface area contributed by atoms with Crippen molar-refractivity contribution in [2.24, 2.45) is 0 Å². The van der Waals surface area contributed by atoms with Crippen molar-refractivity contribution in [2.75, 3.05) is 6.61 Å². The van der Waals surface area contributed by atoms with Crippen LogP contribution in [0.2, 0.25) is 0 Å². The molecule has 0 aliphatic carbocycles. The summed E-state index contributed by atoms with van der Waals surface area (Å²) in [6, 6.07) is 0. The van der Waals surface area contributed by atoms with Gasteiger partial charge in [0.15, 0.2) is 6.10 Å². The van der Waals surface area contributed by atoms with E-state index in [0.717, 1.165) is 19.3 Å². The summed E-state index contributed by atoms with van der Waals surface area (Å²) < 4.78 is 4.34. The molecule has 2 N–H and O–H groups in total. The molecule has 0 amide bonds. The monoisotopic (exact) mass is 282 g/mol. The molecule has 0 rings (SSSR count). The van der Waals surface area contributed by atoms with Crippen molar-refractivity contribution in [3.63, 3.8) is 0 Å². The molecule has 0 aromatic carbocycles. The molecule has 0 saturated heterocycles. The van der Waals surface area contributed by atoms with E-state index < -0.39 is 24.6 Å². The van der Waals surface area contributed by atoms with Gasteiger partial charge in [-0.05, 0) is 6.42 Å². The molecule has 0 aliphatic rings. The number of aliphatic hydroxyl groups excluding tert-OH is 2. The Morgan fingerprint density at radius 1 is 1.11 bits per heavy atom. The summed E-state index contributed by atoms with van der Waals surface area (Å²) >= 11 is 0. The number of unbranched alkanes of at least 4 members (excludes halogenated alkanes) is 5. The van der Waals surface area contributed by atoms with Crippen LogP contribution < -0.4 is 0 Å². The molecule has 0 fully saturated rings. The van der Waals surface area contributed by atoms with E-state index in [1.54, 1.807) is 0 Å². The molecule has 5 nitrogen and oxygen atoms in total. The normalized spacial score (nSPS) is 11.5. The van der Waals surface area contributed by atoms with Crippen LogP contribution in [0.15, 0.2) is 0 Å². The van der Waals surface area contributed by atoms with E-state index in [9.17, 15) is 9.59 Å². The van der Waals surface area contributed by atoms with Crippen LogP contribution in [-0.4, -0.2) is 34.9 Å². The maximum absolute atomic E-state index is 11.1. The molecule has 18 heavy (non-hydrogen) atoms. The van der Waals surface area contributed by atoms with Crippen molar-refractivity contribution >= 4 is 24.3 Å². The van der Waals surface area contributed by atoms with Crippen molar-refractivity contribution in [3.05, 3.63) is 0 Å². The summed E-state index contributed by atoms with van der Waals surface area (Å²) in [5.74, 6) is -1.72. The second-order valence-electron chi connectivity index (χ2n) is 4.01. The largest absolute Gasteiger partial charge is 0.393 e. The van der Waals surface area contributed by atoms with Gasteiger partial charge in [0.2, 0.25) is 0 Å². The van der Waals surface area contributed by atoms with Gasteiger partial charge in [-0.15, -0.1) is 12.4 Å². The van der Waals surface area contributed by atoms with Gasteiger partial charge in [-0.3, -0.25) is 4.79 Å². The quantitative estimate of drug-likeness (QED) is 0.381. The minimum absolute atomic E-state index is 0. The topological polar surface area (TPSA) is 83.8 Å². The third kappa shape index (κ3) is 10.5. The number of rotatable bonds is 9. The maximum atomic E-state index is 11.1. The maximum Gasteiger partial charge on any atom is 0.345 e. The summed E-state index contributed by atoms with van der Waals surface area (Å²) in [5, 5.41) is 17.3. The zero-order valence-corrected chi connectivity index (χ0v) is 11.6. The lowest BCUT2D eigenvalue weighted by Crippen LogP contribution is -2.28. The van der Waals surface area contributed by atoms with Crippen molar-refractivity contribution in [3.8, 4) is 0 Å². The van der Waals surface area contributed by atoms with Gasteiger partial charge in [0.05, 0.1) is 6.61 Å². The molecular weight excluding hydrogens is 260 g/mol. The molecule has 0 radical (unpaired) electrons. The Bertz CT molecular complexity index is 233. The Labute approximate surface area is 114 Å². The first-order valence-corrected chi connectivity index (χ1v) is 6.15. The highest BCUT2D eigenvalue weighted by atomic mass is 35.5. The summed E-state index contributed by atoms with van der Waals surface area (Å²) in [5.41, 5.74) is 0. The van der Waals surface area contributed by atoms with Gasteiger partial charge in [0, 0.05) is 6.42 Å². The second kappa shape index (κ2) is 12.8. The Balaban J connectivity index is 0. The fourth-order valence-electron chi connectivity index (χ4n) is 1.36. The Morgan fingerprint density at radius 2 is 1.67 bits per heavy atom. The van der Waals surface area contributed by atoms with E-state index in [0.29, 0.717) is 6.42 Å². The SMILES string of the molecule is CCCCCCCCC(=O)OC(=O)C(O)CO.Cl. The molecule has 0 aromatic rings. The molecule has 0 aliphatic heterocycles. The minimum atomic E-state index is -1.62. The van der Waals surface area contributed by atoms with Gasteiger partial charge in [-0.25, -0.2) is 4.79 Å². The number of esters is 2. The summed E-state index contributed by atoms with van der Waals surface area (Å²) in [7, 11) is 0. The zero-order chi connectivity index (χ0) is 13.1. The summed E-state index contributed by atoms with van der Waals surface area (Å²) in [6.45, 7) is 1.40. The minimum Gasteiger partial charge on any atom is -0.393 e. The van der Waals surface area contributed by atoms with E-state index in [-0.39, 0.29) is 18.8 Å². The number of carbonyl (C=O) groups excluding carboxylic acids is 2. The molecule has 6 heteroatoms. The van der Waals surface area contributed by atoms with Gasteiger partial charge >= 0.3 is 11.9 Å². The van der Waals surface area contributed by atoms with Gasteiger partial charge in [-0.1, -0.05) is 39.0 Å². The molecule has 1 unspecified atom stereocenters. The van der Waals surface area contributed by atoms with Crippen molar-refractivity contribution in [1.29, 1.82) is 0 Å². The standard InChI is InChI=1S/C12H22O5.ClH/c1-2-3-4-5-6-7-8-11(15)17-12(16)10(14)9-13;/h10,13-14H,2-9H2,1H3;1H. The fraction of sp³-hybridized carbons (Fsp3) is 0.833. The van der Waals surface area contributed by atoms with Gasteiger partial charge < -0.3 is 14.9 Å². The van der Waals surface area contributed by atoms with E-state index in [2.05, 4.69) is 11.7 Å². The number of aliphatic hydroxyl groups is 2. The molecule has 0 heterocycles. The molecule has 108 valence electrons. The zero-order valence-electron chi connectivity index (χ0n) is 10.8. The fourth-order valence-corrected chi connectivity index (χ4v) is 1.36. The van der Waals surface area contributed by atoms with E-state index in [4.69, 9.17) is 10.2 Å². The van der Waals surface area contributed by atoms with E-state index >= 15 is 0 Å². The molecule has 0 aromatic heterocycles. The van der Waals surface area contributed by atoms with Crippen LogP contribution >= 0.6 is 12.4 Å². The molecule has 1 atom stereocenters. The number of hydrogen-bond donors (Lipinski definition) is 2. The molecule has 0 saturated carbocycles. The van der Waals surface area contributed by atoms with Gasteiger partial charge in [0.25, 0.3) is 0 Å². The predicted molar refractivity (Wildman–Crippen MR) is 69.4 cm³/mol. The first kappa shape index (κ1) is 19.7. The average Bonchev–Trinajstić information content (AvgIpc) is 2.32. The smallest absolute Gasteiger partial charge is 0.345 e. The van der Waals surface area contributed by atoms with Crippen LogP contribution in [0.3, 0.4) is 0 Å². The number of carbonyl (C=O) groups is 2.